The van der Waals surface area contributed by atoms with Crippen LogP contribution in [0.5, 0.6) is 0 Å². The van der Waals surface area contributed by atoms with Crippen molar-refractivity contribution in [2.24, 2.45) is 5.73 Å². The standard InChI is InChI=1S/C12H14N2O2S4/c1-8(6-9-4-5-18-7-9)14-20(15,16)11-3-2-10(19-11)12(13)17/h2-5,7-8,14H,6H2,1H3,(H2,13,17). The van der Waals surface area contributed by atoms with Crippen molar-refractivity contribution in [1.29, 1.82) is 0 Å². The van der Waals surface area contributed by atoms with Gasteiger partial charge in [0.25, 0.3) is 0 Å². The van der Waals surface area contributed by atoms with Crippen LogP contribution in [-0.4, -0.2) is 19.4 Å². The molecule has 2 aromatic heterocycles. The second-order valence-electron chi connectivity index (χ2n) is 4.34. The summed E-state index contributed by atoms with van der Waals surface area (Å²) >= 11 is 7.52. The molecular formula is C12H14N2O2S4. The van der Waals surface area contributed by atoms with E-state index in [1.807, 2.05) is 23.8 Å². The van der Waals surface area contributed by atoms with Crippen molar-refractivity contribution in [1.82, 2.24) is 4.72 Å². The Labute approximate surface area is 131 Å². The average molecular weight is 347 g/mol. The van der Waals surface area contributed by atoms with Crippen LogP contribution in [0.4, 0.5) is 0 Å². The highest BCUT2D eigenvalue weighted by atomic mass is 32.2. The summed E-state index contributed by atoms with van der Waals surface area (Å²) < 4.78 is 27.3. The fourth-order valence-corrected chi connectivity index (χ4v) is 5.02. The number of sulfonamides is 1. The minimum Gasteiger partial charge on any atom is -0.389 e. The Hall–Kier alpha value is -0.800. The highest BCUT2D eigenvalue weighted by molar-refractivity contribution is 7.91. The lowest BCUT2D eigenvalue weighted by Gasteiger charge is -2.12. The van der Waals surface area contributed by atoms with Gasteiger partial charge < -0.3 is 5.73 Å². The largest absolute Gasteiger partial charge is 0.389 e. The molecule has 3 N–H and O–H groups in total. The maximum Gasteiger partial charge on any atom is 0.250 e. The second-order valence-corrected chi connectivity index (χ2v) is 8.59. The Bertz CT molecular complexity index is 689. The Morgan fingerprint density at radius 1 is 1.45 bits per heavy atom. The van der Waals surface area contributed by atoms with Crippen LogP contribution >= 0.6 is 34.9 Å². The summed E-state index contributed by atoms with van der Waals surface area (Å²) in [5.41, 5.74) is 6.61. The van der Waals surface area contributed by atoms with E-state index in [1.54, 1.807) is 17.4 Å². The molecule has 4 nitrogen and oxygen atoms in total. The van der Waals surface area contributed by atoms with E-state index >= 15 is 0 Å². The minimum absolute atomic E-state index is 0.176. The number of hydrogen-bond acceptors (Lipinski definition) is 5. The van der Waals surface area contributed by atoms with Crippen molar-refractivity contribution in [2.75, 3.05) is 0 Å². The monoisotopic (exact) mass is 346 g/mol. The summed E-state index contributed by atoms with van der Waals surface area (Å²) in [6.45, 7) is 1.84. The molecule has 0 aromatic carbocycles. The smallest absolute Gasteiger partial charge is 0.250 e. The Morgan fingerprint density at radius 3 is 2.75 bits per heavy atom. The molecule has 2 heterocycles. The normalized spacial score (nSPS) is 13.2. The highest BCUT2D eigenvalue weighted by Gasteiger charge is 2.20. The van der Waals surface area contributed by atoms with Crippen molar-refractivity contribution in [2.45, 2.75) is 23.6 Å². The van der Waals surface area contributed by atoms with Crippen LogP contribution in [-0.2, 0) is 16.4 Å². The highest BCUT2D eigenvalue weighted by Crippen LogP contribution is 2.22. The van der Waals surface area contributed by atoms with Gasteiger partial charge in [-0.05, 0) is 47.9 Å². The van der Waals surface area contributed by atoms with Crippen LogP contribution in [0, 0.1) is 0 Å². The molecule has 8 heteroatoms. The summed E-state index contributed by atoms with van der Waals surface area (Å²) in [5, 5.41) is 3.99. The third-order valence-electron chi connectivity index (χ3n) is 2.57. The van der Waals surface area contributed by atoms with E-state index in [0.29, 0.717) is 11.3 Å². The molecule has 2 rings (SSSR count). The molecule has 0 saturated carbocycles. The summed E-state index contributed by atoms with van der Waals surface area (Å²) in [6, 6.07) is 4.97. The number of nitrogens with two attached hydrogens (primary N) is 1. The SMILES string of the molecule is CC(Cc1ccsc1)NS(=O)(=O)c1ccc(C(N)=S)s1. The molecule has 0 aliphatic heterocycles. The third kappa shape index (κ3) is 3.86. The van der Waals surface area contributed by atoms with E-state index in [4.69, 9.17) is 18.0 Å². The van der Waals surface area contributed by atoms with Crippen molar-refractivity contribution >= 4 is 49.9 Å². The second kappa shape index (κ2) is 6.31. The summed E-state index contributed by atoms with van der Waals surface area (Å²) in [5.74, 6) is 0. The van der Waals surface area contributed by atoms with Gasteiger partial charge in [0, 0.05) is 6.04 Å². The first-order valence-electron chi connectivity index (χ1n) is 5.81. The van der Waals surface area contributed by atoms with E-state index in [2.05, 4.69) is 4.72 Å². The van der Waals surface area contributed by atoms with Gasteiger partial charge in [-0.3, -0.25) is 0 Å². The van der Waals surface area contributed by atoms with Gasteiger partial charge in [-0.1, -0.05) is 12.2 Å². The average Bonchev–Trinajstić information content (AvgIpc) is 2.97. The Balaban J connectivity index is 2.08. The zero-order valence-electron chi connectivity index (χ0n) is 10.7. The van der Waals surface area contributed by atoms with Gasteiger partial charge in [0.1, 0.15) is 9.20 Å². The Morgan fingerprint density at radius 2 is 2.20 bits per heavy atom. The molecule has 0 aliphatic rings. The molecular weight excluding hydrogens is 332 g/mol. The molecule has 1 unspecified atom stereocenters. The van der Waals surface area contributed by atoms with E-state index in [9.17, 15) is 8.42 Å². The molecule has 0 spiro atoms. The molecule has 0 saturated heterocycles. The minimum atomic E-state index is -3.52. The maximum absolute atomic E-state index is 12.2. The first kappa shape index (κ1) is 15.6. The first-order valence-corrected chi connectivity index (χ1v) is 9.46. The summed E-state index contributed by atoms with van der Waals surface area (Å²) in [6.07, 6.45) is 0.663. The van der Waals surface area contributed by atoms with Gasteiger partial charge in [-0.15, -0.1) is 11.3 Å². The molecule has 20 heavy (non-hydrogen) atoms. The van der Waals surface area contributed by atoms with E-state index in [1.165, 1.54) is 6.07 Å². The zero-order chi connectivity index (χ0) is 14.8. The molecule has 0 radical (unpaired) electrons. The van der Waals surface area contributed by atoms with Gasteiger partial charge in [0.05, 0.1) is 4.88 Å². The predicted molar refractivity (Wildman–Crippen MR) is 88.0 cm³/mol. The fourth-order valence-electron chi connectivity index (χ4n) is 1.72. The first-order chi connectivity index (χ1) is 9.38. The lowest BCUT2D eigenvalue weighted by atomic mass is 10.1. The number of thiocarbonyl (C=S) groups is 1. The van der Waals surface area contributed by atoms with Crippen LogP contribution in [0.15, 0.2) is 33.2 Å². The summed E-state index contributed by atoms with van der Waals surface area (Å²) in [7, 11) is -3.52. The number of thiophene rings is 2. The van der Waals surface area contributed by atoms with Crippen molar-refractivity contribution < 1.29 is 8.42 Å². The number of nitrogens with one attached hydrogen (secondary N) is 1. The van der Waals surface area contributed by atoms with Gasteiger partial charge in [0.15, 0.2) is 0 Å². The van der Waals surface area contributed by atoms with E-state index in [-0.39, 0.29) is 15.2 Å². The van der Waals surface area contributed by atoms with Crippen molar-refractivity contribution in [3.05, 3.63) is 39.4 Å². The maximum atomic E-state index is 12.2. The van der Waals surface area contributed by atoms with Crippen molar-refractivity contribution in [3.63, 3.8) is 0 Å². The van der Waals surface area contributed by atoms with Crippen LogP contribution in [0.1, 0.15) is 17.4 Å². The molecule has 0 amide bonds. The molecule has 0 fully saturated rings. The summed E-state index contributed by atoms with van der Waals surface area (Å²) in [4.78, 5) is 0.814. The van der Waals surface area contributed by atoms with E-state index < -0.39 is 10.0 Å². The van der Waals surface area contributed by atoms with Gasteiger partial charge >= 0.3 is 0 Å². The third-order valence-corrected chi connectivity index (χ3v) is 6.85. The molecule has 0 bridgehead atoms. The topological polar surface area (TPSA) is 72.2 Å². The van der Waals surface area contributed by atoms with Crippen LogP contribution in [0.3, 0.4) is 0 Å². The van der Waals surface area contributed by atoms with Gasteiger partial charge in [-0.25, -0.2) is 13.1 Å². The van der Waals surface area contributed by atoms with E-state index in [0.717, 1.165) is 16.9 Å². The zero-order valence-corrected chi connectivity index (χ0v) is 14.0. The number of rotatable bonds is 6. The van der Waals surface area contributed by atoms with Gasteiger partial charge in [-0.2, -0.15) is 11.3 Å². The Kier molecular flexibility index (Phi) is 4.92. The molecule has 1 atom stereocenters. The lowest BCUT2D eigenvalue weighted by molar-refractivity contribution is 0.562. The molecule has 2 aromatic rings. The van der Waals surface area contributed by atoms with Crippen LogP contribution < -0.4 is 10.5 Å². The van der Waals surface area contributed by atoms with Crippen molar-refractivity contribution in [3.8, 4) is 0 Å². The lowest BCUT2D eigenvalue weighted by Crippen LogP contribution is -2.33. The predicted octanol–water partition coefficient (Wildman–Crippen LogP) is 2.35. The van der Waals surface area contributed by atoms with Gasteiger partial charge in [0.2, 0.25) is 10.0 Å². The fraction of sp³-hybridized carbons (Fsp3) is 0.250. The molecule has 108 valence electrons. The molecule has 0 aliphatic carbocycles. The van der Waals surface area contributed by atoms with Crippen LogP contribution in [0.25, 0.3) is 0 Å². The number of hydrogen-bond donors (Lipinski definition) is 2. The van der Waals surface area contributed by atoms with Crippen LogP contribution in [0.2, 0.25) is 0 Å². The quantitative estimate of drug-likeness (QED) is 0.788.